The maximum Gasteiger partial charge on any atom is 0.509 e. The molecule has 12 nitrogen and oxygen atoms in total. The Morgan fingerprint density at radius 2 is 1.93 bits per heavy atom. The minimum absolute atomic E-state index is 0.00755. The van der Waals surface area contributed by atoms with Gasteiger partial charge in [-0.15, -0.1) is 10.1 Å². The summed E-state index contributed by atoms with van der Waals surface area (Å²) >= 11 is 0. The summed E-state index contributed by atoms with van der Waals surface area (Å²) in [6.45, 7) is 4.82. The molecule has 0 radical (unpaired) electrons. The third-order valence-corrected chi connectivity index (χ3v) is 9.92. The lowest BCUT2D eigenvalue weighted by molar-refractivity contribution is -0.757. The first kappa shape index (κ1) is 30.7. The average Bonchev–Trinajstić information content (AvgIpc) is 3.19. The molecular weight excluding hydrogens is 538 g/mol. The van der Waals surface area contributed by atoms with Gasteiger partial charge in [0.25, 0.3) is 5.09 Å². The molecule has 12 heteroatoms. The number of esters is 1. The summed E-state index contributed by atoms with van der Waals surface area (Å²) in [4.78, 5) is 65.4. The maximum atomic E-state index is 13.9. The zero-order valence-corrected chi connectivity index (χ0v) is 23.8. The number of fused-ring (bicyclic) bond motifs is 5. The molecule has 0 saturated heterocycles. The first-order valence-corrected chi connectivity index (χ1v) is 14.3. The maximum absolute atomic E-state index is 13.9. The molecule has 226 valence electrons. The minimum atomic E-state index is -1.66. The molecule has 0 aromatic rings. The molecule has 3 unspecified atom stereocenters. The number of aliphatic hydroxyl groups is 1. The number of nitrogens with zero attached hydrogens (tertiary/aromatic N) is 1. The second-order valence-electron chi connectivity index (χ2n) is 12.0. The quantitative estimate of drug-likeness (QED) is 0.165. The van der Waals surface area contributed by atoms with Gasteiger partial charge in [0.2, 0.25) is 5.78 Å². The molecule has 4 aliphatic carbocycles. The summed E-state index contributed by atoms with van der Waals surface area (Å²) in [5, 5.41) is 21.0. The number of hydrogen-bond donors (Lipinski definition) is 1. The van der Waals surface area contributed by atoms with Crippen LogP contribution in [0.1, 0.15) is 72.1 Å². The van der Waals surface area contributed by atoms with Crippen LogP contribution in [0.3, 0.4) is 0 Å². The van der Waals surface area contributed by atoms with Crippen LogP contribution < -0.4 is 0 Å². The van der Waals surface area contributed by atoms with Crippen molar-refractivity contribution in [2.45, 2.75) is 83.8 Å². The Labute approximate surface area is 238 Å². The number of carbonyl (C=O) groups excluding carboxylic acids is 4. The van der Waals surface area contributed by atoms with Crippen molar-refractivity contribution < 1.29 is 48.4 Å². The van der Waals surface area contributed by atoms with Crippen LogP contribution in [0.4, 0.5) is 4.79 Å². The number of allylic oxidation sites excluding steroid dienone is 4. The van der Waals surface area contributed by atoms with Crippen LogP contribution in [0.2, 0.25) is 0 Å². The molecule has 0 heterocycles. The van der Waals surface area contributed by atoms with Gasteiger partial charge in [0, 0.05) is 23.2 Å². The first-order chi connectivity index (χ1) is 19.4. The lowest BCUT2D eigenvalue weighted by atomic mass is 9.46. The summed E-state index contributed by atoms with van der Waals surface area (Å²) in [5.41, 5.74) is -2.09. The van der Waals surface area contributed by atoms with E-state index in [4.69, 9.17) is 14.2 Å². The van der Waals surface area contributed by atoms with Crippen molar-refractivity contribution in [2.24, 2.45) is 28.6 Å². The summed E-state index contributed by atoms with van der Waals surface area (Å²) < 4.78 is 16.2. The topological polar surface area (TPSA) is 169 Å². The third-order valence-electron chi connectivity index (χ3n) is 9.92. The van der Waals surface area contributed by atoms with E-state index in [2.05, 4.69) is 11.8 Å². The van der Waals surface area contributed by atoms with E-state index in [-0.39, 0.29) is 68.9 Å². The lowest BCUT2D eigenvalue weighted by Crippen LogP contribution is -2.63. The second-order valence-corrected chi connectivity index (χ2v) is 12.0. The number of unbranched alkanes of at least 4 members (excludes halogenated alkanes) is 1. The summed E-state index contributed by atoms with van der Waals surface area (Å²) in [5.74, 6) is -1.53. The molecule has 7 atom stereocenters. The number of aliphatic hydroxyl groups excluding tert-OH is 1. The number of ether oxygens (including phenoxy) is 3. The third kappa shape index (κ3) is 5.62. The van der Waals surface area contributed by atoms with Gasteiger partial charge in [-0.3, -0.25) is 14.4 Å². The molecule has 0 amide bonds. The Kier molecular flexibility index (Phi) is 8.91. The van der Waals surface area contributed by atoms with Crippen molar-refractivity contribution in [3.05, 3.63) is 33.9 Å². The minimum Gasteiger partial charge on any atom is -0.457 e. The fourth-order valence-corrected chi connectivity index (χ4v) is 8.13. The van der Waals surface area contributed by atoms with Gasteiger partial charge in [0.05, 0.1) is 19.3 Å². The second kappa shape index (κ2) is 11.9. The van der Waals surface area contributed by atoms with Gasteiger partial charge >= 0.3 is 12.1 Å². The van der Waals surface area contributed by atoms with Gasteiger partial charge in [-0.05, 0) is 75.9 Å². The molecule has 3 saturated carbocycles. The monoisotopic (exact) mass is 577 g/mol. The van der Waals surface area contributed by atoms with Gasteiger partial charge in [-0.2, -0.15) is 0 Å². The van der Waals surface area contributed by atoms with E-state index in [9.17, 15) is 34.4 Å². The fourth-order valence-electron chi connectivity index (χ4n) is 8.13. The Hall–Kier alpha value is -3.28. The van der Waals surface area contributed by atoms with Crippen molar-refractivity contribution in [1.29, 1.82) is 0 Å². The SMILES string of the molecule is CCOC(=O)O[C@]1(C(=O)COC(=O)CCCCO[N+](=O)[O-])CCC2C3CCC4=CC(=O)C=C[C@]4(C)C3[C@@H](O)C[C@@]21C. The molecule has 0 aromatic carbocycles. The van der Waals surface area contributed by atoms with Crippen LogP contribution in [-0.4, -0.2) is 65.4 Å². The van der Waals surface area contributed by atoms with Crippen LogP contribution in [0.25, 0.3) is 0 Å². The molecule has 0 bridgehead atoms. The largest absolute Gasteiger partial charge is 0.509 e. The first-order valence-electron chi connectivity index (χ1n) is 14.3. The van der Waals surface area contributed by atoms with Crippen LogP contribution in [0.15, 0.2) is 23.8 Å². The van der Waals surface area contributed by atoms with Crippen molar-refractivity contribution >= 4 is 23.7 Å². The van der Waals surface area contributed by atoms with Crippen molar-refractivity contribution in [3.63, 3.8) is 0 Å². The highest BCUT2D eigenvalue weighted by molar-refractivity contribution is 6.01. The van der Waals surface area contributed by atoms with E-state index >= 15 is 0 Å². The molecule has 41 heavy (non-hydrogen) atoms. The molecule has 3 fully saturated rings. The predicted molar refractivity (Wildman–Crippen MR) is 142 cm³/mol. The van der Waals surface area contributed by atoms with Gasteiger partial charge in [0.15, 0.2) is 18.0 Å². The molecule has 4 aliphatic rings. The highest BCUT2D eigenvalue weighted by atomic mass is 16.9. The molecule has 1 N–H and O–H groups in total. The number of Topliss-reactive ketones (excluding diaryl/α,β-unsaturated/α-hetero) is 1. The van der Waals surface area contributed by atoms with Gasteiger partial charge in [0.1, 0.15) is 0 Å². The Balaban J connectivity index is 1.54. The Morgan fingerprint density at radius 3 is 2.63 bits per heavy atom. The predicted octanol–water partition coefficient (Wildman–Crippen LogP) is 3.67. The van der Waals surface area contributed by atoms with Crippen LogP contribution >= 0.6 is 0 Å². The van der Waals surface area contributed by atoms with Crippen molar-refractivity contribution in [2.75, 3.05) is 19.8 Å². The van der Waals surface area contributed by atoms with Gasteiger partial charge in [-0.1, -0.05) is 25.5 Å². The number of hydrogen-bond acceptors (Lipinski definition) is 11. The van der Waals surface area contributed by atoms with Gasteiger partial charge in [-0.25, -0.2) is 4.79 Å². The van der Waals surface area contributed by atoms with Crippen LogP contribution in [0, 0.1) is 38.7 Å². The number of ketones is 2. The van der Waals surface area contributed by atoms with E-state index < -0.39 is 52.1 Å². The van der Waals surface area contributed by atoms with Crippen molar-refractivity contribution in [3.8, 4) is 0 Å². The highest BCUT2D eigenvalue weighted by Gasteiger charge is 2.70. The van der Waals surface area contributed by atoms with E-state index in [0.717, 1.165) is 12.0 Å². The smallest absolute Gasteiger partial charge is 0.457 e. The van der Waals surface area contributed by atoms with E-state index in [1.165, 1.54) is 0 Å². The fraction of sp³-hybridized carbons (Fsp3) is 0.724. The Bertz CT molecular complexity index is 1150. The van der Waals surface area contributed by atoms with Crippen molar-refractivity contribution in [1.82, 2.24) is 0 Å². The lowest BCUT2D eigenvalue weighted by Gasteiger charge is -2.59. The molecular formula is C29H39NO11. The standard InChI is InChI=1S/C29H39NO11/c1-4-38-26(35)41-29(23(33)17-39-24(34)7-5-6-14-40-30(36)37)13-11-21-20-9-8-18-15-19(31)10-12-27(18,2)25(20)22(32)16-28(21,29)3/h10,12,15,20-22,25,32H,4-9,11,13-14,16-17H2,1-3H3/t20?,21?,22-,25?,27-,28-,29-/m0/s1. The Morgan fingerprint density at radius 1 is 1.17 bits per heavy atom. The molecule has 0 spiro atoms. The molecule has 0 aliphatic heterocycles. The summed E-state index contributed by atoms with van der Waals surface area (Å²) in [6, 6.07) is 0. The normalized spacial score (nSPS) is 35.3. The van der Waals surface area contributed by atoms with E-state index in [1.54, 1.807) is 19.1 Å². The molecule has 0 aromatic heterocycles. The molecule has 4 rings (SSSR count). The van der Waals surface area contributed by atoms with Crippen LogP contribution in [-0.2, 0) is 33.4 Å². The summed E-state index contributed by atoms with van der Waals surface area (Å²) in [7, 11) is 0. The van der Waals surface area contributed by atoms with E-state index in [0.29, 0.717) is 12.8 Å². The average molecular weight is 578 g/mol. The summed E-state index contributed by atoms with van der Waals surface area (Å²) in [6.07, 6.45) is 6.14. The van der Waals surface area contributed by atoms with Crippen LogP contribution in [0.5, 0.6) is 0 Å². The zero-order chi connectivity index (χ0) is 30.0. The van der Waals surface area contributed by atoms with E-state index in [1.807, 2.05) is 13.0 Å². The number of rotatable bonds is 11. The number of carbonyl (C=O) groups is 4. The van der Waals surface area contributed by atoms with Gasteiger partial charge < -0.3 is 24.2 Å². The highest BCUT2D eigenvalue weighted by Crippen LogP contribution is 2.68. The zero-order valence-electron chi connectivity index (χ0n) is 23.8.